The fraction of sp³-hybridized carbons (Fsp3) is 0.417. The van der Waals surface area contributed by atoms with E-state index in [1.807, 2.05) is 0 Å². The Balaban J connectivity index is 2.06. The second kappa shape index (κ2) is 5.99. The summed E-state index contributed by atoms with van der Waals surface area (Å²) in [7, 11) is 0. The highest BCUT2D eigenvalue weighted by Crippen LogP contribution is 2.27. The molecule has 0 bridgehead atoms. The smallest absolute Gasteiger partial charge is 0.271 e. The predicted octanol–water partition coefficient (Wildman–Crippen LogP) is 2.19. The normalized spacial score (nSPS) is 18.9. The molecule has 102 valence electrons. The number of non-ortho nitro benzene ring substituents is 1. The van der Waals surface area contributed by atoms with E-state index in [9.17, 15) is 14.9 Å². The average molecular weight is 284 g/mol. The van der Waals surface area contributed by atoms with E-state index in [1.54, 1.807) is 0 Å². The van der Waals surface area contributed by atoms with Crippen LogP contribution in [0.3, 0.4) is 0 Å². The number of nitrogens with zero attached hydrogens (tertiary/aromatic N) is 1. The number of carbonyl (C=O) groups excluding carboxylic acids is 1. The minimum absolute atomic E-state index is 0.0833. The minimum Gasteiger partial charge on any atom is -0.324 e. The van der Waals surface area contributed by atoms with Gasteiger partial charge in [0, 0.05) is 18.7 Å². The van der Waals surface area contributed by atoms with Gasteiger partial charge in [-0.05, 0) is 25.5 Å². The van der Waals surface area contributed by atoms with E-state index < -0.39 is 4.92 Å². The van der Waals surface area contributed by atoms with Crippen molar-refractivity contribution in [2.75, 3.05) is 18.4 Å². The Bertz CT molecular complexity index is 501. The van der Waals surface area contributed by atoms with Gasteiger partial charge in [0.2, 0.25) is 5.91 Å². The van der Waals surface area contributed by atoms with Crippen molar-refractivity contribution in [3.63, 3.8) is 0 Å². The van der Waals surface area contributed by atoms with Crippen molar-refractivity contribution in [2.45, 2.75) is 12.8 Å². The van der Waals surface area contributed by atoms with Crippen LogP contribution in [0, 0.1) is 16.0 Å². The summed E-state index contributed by atoms with van der Waals surface area (Å²) in [5.74, 6) is -0.192. The molecule has 0 aromatic heterocycles. The molecule has 2 N–H and O–H groups in total. The van der Waals surface area contributed by atoms with Gasteiger partial charge in [-0.2, -0.15) is 0 Å². The van der Waals surface area contributed by atoms with Crippen LogP contribution in [-0.2, 0) is 4.79 Å². The van der Waals surface area contributed by atoms with Crippen LogP contribution < -0.4 is 10.6 Å². The first kappa shape index (κ1) is 13.8. The number of nitro groups is 1. The fourth-order valence-electron chi connectivity index (χ4n) is 2.03. The van der Waals surface area contributed by atoms with Gasteiger partial charge in [0.1, 0.15) is 0 Å². The van der Waals surface area contributed by atoms with Gasteiger partial charge >= 0.3 is 0 Å². The standard InChI is InChI=1S/C12H14ClN3O3/c13-10-6-9(16(18)19)3-4-11(10)15-12(17)8-2-1-5-14-7-8/h3-4,6,8,14H,1-2,5,7H2,(H,15,17)/t8-/m1/s1. The van der Waals surface area contributed by atoms with Crippen molar-refractivity contribution in [3.8, 4) is 0 Å². The van der Waals surface area contributed by atoms with E-state index >= 15 is 0 Å². The van der Waals surface area contributed by atoms with Crippen LogP contribution in [0.1, 0.15) is 12.8 Å². The maximum Gasteiger partial charge on any atom is 0.271 e. The lowest BCUT2D eigenvalue weighted by Crippen LogP contribution is -2.37. The first-order chi connectivity index (χ1) is 9.08. The molecule has 1 saturated heterocycles. The third kappa shape index (κ3) is 3.42. The summed E-state index contributed by atoms with van der Waals surface area (Å²) in [4.78, 5) is 22.1. The maximum absolute atomic E-state index is 12.0. The van der Waals surface area contributed by atoms with E-state index in [1.165, 1.54) is 18.2 Å². The number of piperidine rings is 1. The SMILES string of the molecule is O=C(Nc1ccc([N+](=O)[O-])cc1Cl)[C@@H]1CCCNC1. The van der Waals surface area contributed by atoms with Gasteiger partial charge in [0.15, 0.2) is 0 Å². The molecule has 1 fully saturated rings. The van der Waals surface area contributed by atoms with Crippen LogP contribution in [0.2, 0.25) is 5.02 Å². The molecule has 0 saturated carbocycles. The summed E-state index contributed by atoms with van der Waals surface area (Å²) in [5, 5.41) is 16.6. The van der Waals surface area contributed by atoms with Crippen molar-refractivity contribution in [1.82, 2.24) is 5.32 Å². The third-order valence-electron chi connectivity index (χ3n) is 3.09. The Labute approximate surface area is 115 Å². The van der Waals surface area contributed by atoms with Crippen molar-refractivity contribution < 1.29 is 9.72 Å². The number of halogens is 1. The molecule has 1 atom stereocenters. The van der Waals surface area contributed by atoms with Crippen molar-refractivity contribution in [2.24, 2.45) is 5.92 Å². The molecule has 1 aromatic carbocycles. The Kier molecular flexibility index (Phi) is 4.34. The molecule has 0 spiro atoms. The van der Waals surface area contributed by atoms with Gasteiger partial charge in [-0.3, -0.25) is 14.9 Å². The Morgan fingerprint density at radius 3 is 2.89 bits per heavy atom. The molecule has 0 unspecified atom stereocenters. The highest BCUT2D eigenvalue weighted by atomic mass is 35.5. The summed E-state index contributed by atoms with van der Waals surface area (Å²) in [6, 6.07) is 4.01. The van der Waals surface area contributed by atoms with Crippen LogP contribution in [0.25, 0.3) is 0 Å². The lowest BCUT2D eigenvalue weighted by atomic mass is 9.99. The number of benzene rings is 1. The monoisotopic (exact) mass is 283 g/mol. The number of nitrogens with one attached hydrogen (secondary N) is 2. The molecule has 1 amide bonds. The van der Waals surface area contributed by atoms with Crippen molar-refractivity contribution in [3.05, 3.63) is 33.3 Å². The lowest BCUT2D eigenvalue weighted by Gasteiger charge is -2.22. The zero-order valence-electron chi connectivity index (χ0n) is 10.2. The maximum atomic E-state index is 12.0. The van der Waals surface area contributed by atoms with Gasteiger partial charge in [0.05, 0.1) is 21.6 Å². The largest absolute Gasteiger partial charge is 0.324 e. The van der Waals surface area contributed by atoms with Crippen LogP contribution >= 0.6 is 11.6 Å². The predicted molar refractivity (Wildman–Crippen MR) is 72.3 cm³/mol. The van der Waals surface area contributed by atoms with Gasteiger partial charge in [-0.25, -0.2) is 0 Å². The van der Waals surface area contributed by atoms with E-state index in [-0.39, 0.29) is 22.5 Å². The van der Waals surface area contributed by atoms with Gasteiger partial charge < -0.3 is 10.6 Å². The van der Waals surface area contributed by atoms with Crippen LogP contribution in [0.4, 0.5) is 11.4 Å². The summed E-state index contributed by atoms with van der Waals surface area (Å²) in [5.41, 5.74) is 0.310. The Hall–Kier alpha value is -1.66. The number of anilines is 1. The van der Waals surface area contributed by atoms with Crippen LogP contribution in [0.5, 0.6) is 0 Å². The van der Waals surface area contributed by atoms with Crippen LogP contribution in [-0.4, -0.2) is 23.9 Å². The highest BCUT2D eigenvalue weighted by Gasteiger charge is 2.21. The number of rotatable bonds is 3. The first-order valence-electron chi connectivity index (χ1n) is 6.03. The molecule has 2 rings (SSSR count). The zero-order valence-corrected chi connectivity index (χ0v) is 10.9. The summed E-state index contributed by atoms with van der Waals surface area (Å²) >= 11 is 5.92. The fourth-order valence-corrected chi connectivity index (χ4v) is 2.25. The number of hydrogen-bond donors (Lipinski definition) is 2. The molecule has 1 aromatic rings. The molecule has 7 heteroatoms. The second-order valence-electron chi connectivity index (χ2n) is 4.45. The molecule has 6 nitrogen and oxygen atoms in total. The van der Waals surface area contributed by atoms with Gasteiger partial charge in [-0.1, -0.05) is 11.6 Å². The Morgan fingerprint density at radius 2 is 2.32 bits per heavy atom. The number of amides is 1. The second-order valence-corrected chi connectivity index (χ2v) is 4.86. The van der Waals surface area contributed by atoms with E-state index in [2.05, 4.69) is 10.6 Å². The number of carbonyl (C=O) groups is 1. The highest BCUT2D eigenvalue weighted by molar-refractivity contribution is 6.34. The molecule has 0 radical (unpaired) electrons. The number of hydrogen-bond acceptors (Lipinski definition) is 4. The Morgan fingerprint density at radius 1 is 1.53 bits per heavy atom. The van der Waals surface area contributed by atoms with Crippen LogP contribution in [0.15, 0.2) is 18.2 Å². The summed E-state index contributed by atoms with van der Waals surface area (Å²) < 4.78 is 0. The molecule has 0 aliphatic carbocycles. The molecule has 1 aliphatic heterocycles. The van der Waals surface area contributed by atoms with Gasteiger partial charge in [0.25, 0.3) is 5.69 Å². The average Bonchev–Trinajstić information content (AvgIpc) is 2.41. The van der Waals surface area contributed by atoms with E-state index in [0.29, 0.717) is 12.2 Å². The zero-order chi connectivity index (χ0) is 13.8. The quantitative estimate of drug-likeness (QED) is 0.658. The lowest BCUT2D eigenvalue weighted by molar-refractivity contribution is -0.384. The van der Waals surface area contributed by atoms with Gasteiger partial charge in [-0.15, -0.1) is 0 Å². The molecule has 1 heterocycles. The summed E-state index contributed by atoms with van der Waals surface area (Å²) in [6.45, 7) is 1.58. The van der Waals surface area contributed by atoms with E-state index in [4.69, 9.17) is 11.6 Å². The molecule has 19 heavy (non-hydrogen) atoms. The third-order valence-corrected chi connectivity index (χ3v) is 3.40. The summed E-state index contributed by atoms with van der Waals surface area (Å²) in [6.07, 6.45) is 1.80. The molecule has 1 aliphatic rings. The first-order valence-corrected chi connectivity index (χ1v) is 6.41. The molecular formula is C12H14ClN3O3. The topological polar surface area (TPSA) is 84.3 Å². The van der Waals surface area contributed by atoms with Crippen molar-refractivity contribution in [1.29, 1.82) is 0 Å². The van der Waals surface area contributed by atoms with Crippen molar-refractivity contribution >= 4 is 28.9 Å². The molecular weight excluding hydrogens is 270 g/mol. The number of nitro benzene ring substituents is 1. The van der Waals surface area contributed by atoms with E-state index in [0.717, 1.165) is 19.4 Å². The minimum atomic E-state index is -0.525.